The van der Waals surface area contributed by atoms with Crippen LogP contribution in [-0.4, -0.2) is 99.0 Å². The van der Waals surface area contributed by atoms with Crippen LogP contribution in [0.25, 0.3) is 16.4 Å². The minimum atomic E-state index is -2.83. The van der Waals surface area contributed by atoms with E-state index in [0.29, 0.717) is 37.7 Å². The number of aromatic nitrogens is 4. The summed E-state index contributed by atoms with van der Waals surface area (Å²) in [5, 5.41) is 24.3. The Morgan fingerprint density at radius 2 is 1.76 bits per heavy atom. The van der Waals surface area contributed by atoms with Gasteiger partial charge in [0, 0.05) is 62.6 Å². The highest BCUT2D eigenvalue weighted by molar-refractivity contribution is 6.07. The van der Waals surface area contributed by atoms with Gasteiger partial charge in [0.1, 0.15) is 0 Å². The van der Waals surface area contributed by atoms with E-state index >= 15 is 8.78 Å². The number of urea groups is 1. The van der Waals surface area contributed by atoms with Gasteiger partial charge in [-0.2, -0.15) is 14.6 Å². The molecule has 310 valence electrons. The van der Waals surface area contributed by atoms with Gasteiger partial charge in [0.05, 0.1) is 46.5 Å². The van der Waals surface area contributed by atoms with E-state index in [4.69, 9.17) is 5.10 Å². The number of hydrogen-bond donors (Lipinski definition) is 3. The molecule has 0 radical (unpaired) electrons. The Hall–Kier alpha value is -5.78. The molecule has 0 unspecified atom stereocenters. The van der Waals surface area contributed by atoms with Gasteiger partial charge in [-0.25, -0.2) is 26.9 Å². The van der Waals surface area contributed by atoms with Crippen LogP contribution >= 0.6 is 0 Å². The van der Waals surface area contributed by atoms with Crippen molar-refractivity contribution in [3.8, 4) is 5.75 Å². The Kier molecular flexibility index (Phi) is 9.71. The summed E-state index contributed by atoms with van der Waals surface area (Å²) < 4.78 is 76.4. The molecule has 3 saturated heterocycles. The molecule has 3 N–H and O–H groups in total. The summed E-state index contributed by atoms with van der Waals surface area (Å²) in [4.78, 5) is 41.7. The molecule has 0 bridgehead atoms. The summed E-state index contributed by atoms with van der Waals surface area (Å²) >= 11 is 0. The standard InChI is InChI=1S/C41H42F5N9O4/c42-30-15-29(35(43)36(44)37(30)57)38(58)47-16-24-3-7-27(8-4-24)54-19-26-6-9-28(14-31(26)50-54)52-21-40(22-52)20-51(23-41(40,45)46)12-1-2-25-5-10-32-33(17-48-55(32)18-25)53-13-11-34(56)49-39(53)59/h5-6,9-10,14-15,17-19,24,27,57H,1-4,7-8,11-13,16,20-23H2,(H,47,58)(H,49,56,59). The van der Waals surface area contributed by atoms with Gasteiger partial charge in [-0.05, 0) is 86.9 Å². The molecule has 1 aliphatic carbocycles. The van der Waals surface area contributed by atoms with Gasteiger partial charge in [0.25, 0.3) is 11.8 Å². The first-order chi connectivity index (χ1) is 28.3. The third-order valence-corrected chi connectivity index (χ3v) is 12.5. The van der Waals surface area contributed by atoms with Gasteiger partial charge in [-0.3, -0.25) is 29.4 Å². The first kappa shape index (κ1) is 38.7. The molecule has 6 heterocycles. The number of carbonyl (C=O) groups excluding carboxylic acids is 3. The van der Waals surface area contributed by atoms with Crippen molar-refractivity contribution >= 4 is 45.6 Å². The number of fused-ring (bicyclic) bond motifs is 2. The molecule has 9 rings (SSSR count). The van der Waals surface area contributed by atoms with Crippen molar-refractivity contribution in [1.82, 2.24) is 34.9 Å². The number of hydrogen-bond acceptors (Lipinski definition) is 8. The summed E-state index contributed by atoms with van der Waals surface area (Å²) in [7, 11) is 0. The van der Waals surface area contributed by atoms with Crippen LogP contribution in [-0.2, 0) is 11.2 Å². The number of aryl methyl sites for hydroxylation is 1. The van der Waals surface area contributed by atoms with Gasteiger partial charge >= 0.3 is 6.03 Å². The van der Waals surface area contributed by atoms with E-state index in [1.54, 1.807) is 10.7 Å². The molecule has 5 aromatic rings. The molecule has 1 spiro atoms. The lowest BCUT2D eigenvalue weighted by atomic mass is 9.76. The maximum atomic E-state index is 15.6. The lowest BCUT2D eigenvalue weighted by Gasteiger charge is -2.51. The average Bonchev–Trinajstić information content (AvgIpc) is 3.89. The topological polar surface area (TPSA) is 140 Å². The van der Waals surface area contributed by atoms with Crippen LogP contribution in [0.15, 0.2) is 55.0 Å². The van der Waals surface area contributed by atoms with E-state index < -0.39 is 52.0 Å². The maximum absolute atomic E-state index is 15.6. The van der Waals surface area contributed by atoms with Crippen LogP contribution in [0.5, 0.6) is 5.75 Å². The van der Waals surface area contributed by atoms with Crippen LogP contribution in [0.3, 0.4) is 0 Å². The molecule has 13 nitrogen and oxygen atoms in total. The van der Waals surface area contributed by atoms with Crippen LogP contribution in [0, 0.1) is 28.8 Å². The number of benzene rings is 2. The number of amides is 4. The monoisotopic (exact) mass is 819 g/mol. The highest BCUT2D eigenvalue weighted by Crippen LogP contribution is 2.51. The number of nitrogens with one attached hydrogen (secondary N) is 2. The van der Waals surface area contributed by atoms with Crippen molar-refractivity contribution in [2.75, 3.05) is 55.6 Å². The highest BCUT2D eigenvalue weighted by atomic mass is 19.3. The Bertz CT molecular complexity index is 2480. The van der Waals surface area contributed by atoms with Gasteiger partial charge in [0.15, 0.2) is 17.4 Å². The van der Waals surface area contributed by atoms with E-state index in [1.807, 2.05) is 57.2 Å². The van der Waals surface area contributed by atoms with Crippen molar-refractivity contribution in [1.29, 1.82) is 0 Å². The molecule has 4 fully saturated rings. The fourth-order valence-corrected chi connectivity index (χ4v) is 9.18. The first-order valence-corrected chi connectivity index (χ1v) is 19.8. The lowest BCUT2D eigenvalue weighted by Crippen LogP contribution is -2.64. The smallest absolute Gasteiger partial charge is 0.328 e. The number of aromatic hydroxyl groups is 1. The Balaban J connectivity index is 0.754. The zero-order chi connectivity index (χ0) is 41.2. The van der Waals surface area contributed by atoms with Crippen LogP contribution < -0.4 is 20.4 Å². The van der Waals surface area contributed by atoms with E-state index in [0.717, 1.165) is 53.4 Å². The van der Waals surface area contributed by atoms with Gasteiger partial charge in [0.2, 0.25) is 11.7 Å². The number of halogens is 5. The van der Waals surface area contributed by atoms with E-state index in [9.17, 15) is 32.7 Å². The minimum Gasteiger partial charge on any atom is -0.503 e. The Morgan fingerprint density at radius 1 is 0.966 bits per heavy atom. The molecule has 2 aromatic carbocycles. The number of anilines is 2. The normalized spacial score (nSPS) is 21.7. The van der Waals surface area contributed by atoms with Gasteiger partial charge in [-0.1, -0.05) is 6.07 Å². The van der Waals surface area contributed by atoms with Crippen molar-refractivity contribution in [2.45, 2.75) is 56.9 Å². The molecule has 3 aromatic heterocycles. The third-order valence-electron chi connectivity index (χ3n) is 12.5. The fraction of sp³-hybridized carbons (Fsp3) is 0.439. The molecule has 3 aliphatic heterocycles. The predicted molar refractivity (Wildman–Crippen MR) is 206 cm³/mol. The largest absolute Gasteiger partial charge is 0.503 e. The van der Waals surface area contributed by atoms with Crippen molar-refractivity contribution in [2.24, 2.45) is 11.3 Å². The number of rotatable bonds is 10. The molecule has 1 saturated carbocycles. The number of alkyl halides is 2. The third kappa shape index (κ3) is 7.10. The predicted octanol–water partition coefficient (Wildman–Crippen LogP) is 5.80. The molecular formula is C41H42F5N9O4. The minimum absolute atomic E-state index is 0.0741. The summed E-state index contributed by atoms with van der Waals surface area (Å²) in [6.07, 6.45) is 10.1. The quantitative estimate of drug-likeness (QED) is 0.119. The second kappa shape index (κ2) is 14.8. The van der Waals surface area contributed by atoms with E-state index in [1.165, 1.54) is 4.90 Å². The number of likely N-dealkylation sites (tertiary alicyclic amines) is 1. The number of carbonyl (C=O) groups is 3. The fourth-order valence-electron chi connectivity index (χ4n) is 9.18. The molecule has 0 atom stereocenters. The number of nitrogens with zero attached hydrogens (tertiary/aromatic N) is 7. The number of pyridine rings is 1. The summed E-state index contributed by atoms with van der Waals surface area (Å²) in [6, 6.07) is 9.80. The highest BCUT2D eigenvalue weighted by Gasteiger charge is 2.65. The number of phenols is 1. The van der Waals surface area contributed by atoms with Crippen molar-refractivity contribution in [3.63, 3.8) is 0 Å². The van der Waals surface area contributed by atoms with Crippen molar-refractivity contribution in [3.05, 3.63) is 83.6 Å². The second-order valence-electron chi connectivity index (χ2n) is 16.4. The van der Waals surface area contributed by atoms with E-state index in [2.05, 4.69) is 15.7 Å². The van der Waals surface area contributed by atoms with Gasteiger partial charge < -0.3 is 15.3 Å². The number of imide groups is 1. The zero-order valence-electron chi connectivity index (χ0n) is 31.9. The molecule has 4 aliphatic rings. The summed E-state index contributed by atoms with van der Waals surface area (Å²) in [6.45, 7) is 1.53. The van der Waals surface area contributed by atoms with E-state index in [-0.39, 0.29) is 57.0 Å². The second-order valence-corrected chi connectivity index (χ2v) is 16.4. The molecule has 59 heavy (non-hydrogen) atoms. The van der Waals surface area contributed by atoms with Crippen LogP contribution in [0.1, 0.15) is 60.5 Å². The van der Waals surface area contributed by atoms with Crippen LogP contribution in [0.4, 0.5) is 38.1 Å². The average molecular weight is 820 g/mol. The summed E-state index contributed by atoms with van der Waals surface area (Å²) in [5.74, 6) is -10.3. The maximum Gasteiger partial charge on any atom is 0.328 e. The van der Waals surface area contributed by atoms with Crippen LogP contribution in [0.2, 0.25) is 0 Å². The lowest BCUT2D eigenvalue weighted by molar-refractivity contribution is -0.120. The van der Waals surface area contributed by atoms with Crippen molar-refractivity contribution < 1.29 is 41.4 Å². The van der Waals surface area contributed by atoms with Gasteiger partial charge in [-0.15, -0.1) is 0 Å². The molecule has 4 amide bonds. The molecular weight excluding hydrogens is 778 g/mol. The first-order valence-electron chi connectivity index (χ1n) is 19.8. The zero-order valence-corrected chi connectivity index (χ0v) is 31.9. The SMILES string of the molecule is O=C1CCN(c2cnn3cc(CCCN4CC(F)(F)C5(C4)CN(c4ccc6cn(C7CCC(CNC(=O)c8cc(F)c(O)c(F)c8F)CC7)nc6c4)C5)ccc23)C(=O)N1. The molecule has 18 heteroatoms. The Morgan fingerprint density at radius 3 is 2.54 bits per heavy atom. The Labute approximate surface area is 334 Å². The number of phenolic OH excluding ortho intramolecular Hbond substituents is 1. The summed E-state index contributed by atoms with van der Waals surface area (Å²) in [5.41, 5.74) is 2.03.